The van der Waals surface area contributed by atoms with Gasteiger partial charge in [0.25, 0.3) is 0 Å². The van der Waals surface area contributed by atoms with Crippen LogP contribution in [0, 0.1) is 0 Å². The molecule has 0 aromatic rings. The Hall–Kier alpha value is 0.180. The van der Waals surface area contributed by atoms with Crippen molar-refractivity contribution in [2.75, 3.05) is 6.61 Å². The minimum Gasteiger partial charge on any atom is -0.731 e. The fourth-order valence-corrected chi connectivity index (χ4v) is 0.526. The molecule has 0 fully saturated rings. The van der Waals surface area contributed by atoms with E-state index in [1.165, 1.54) is 6.92 Å². The van der Waals surface area contributed by atoms with Crippen molar-refractivity contribution < 1.29 is 52.1 Å². The van der Waals surface area contributed by atoms with Crippen LogP contribution in [0.2, 0.25) is 0 Å². The molecule has 8 heteroatoms. The molecule has 0 atom stereocenters. The Morgan fingerprint density at radius 1 is 1.64 bits per heavy atom. The van der Waals surface area contributed by atoms with E-state index in [2.05, 4.69) is 4.74 Å². The van der Waals surface area contributed by atoms with Crippen molar-refractivity contribution in [1.82, 2.24) is 4.72 Å². The van der Waals surface area contributed by atoms with Gasteiger partial charge in [-0.25, -0.2) is 17.9 Å². The van der Waals surface area contributed by atoms with E-state index in [0.717, 1.165) is 4.72 Å². The molecule has 6 nitrogen and oxygen atoms in total. The van der Waals surface area contributed by atoms with Gasteiger partial charge in [-0.3, -0.25) is 0 Å². The molecule has 0 radical (unpaired) electrons. The van der Waals surface area contributed by atoms with Crippen LogP contribution >= 0.6 is 0 Å². The monoisotopic (exact) mass is 191 g/mol. The van der Waals surface area contributed by atoms with Gasteiger partial charge in [-0.15, -0.1) is 0 Å². The first kappa shape index (κ1) is 13.7. The Balaban J connectivity index is 0. The minimum atomic E-state index is -4.72. The van der Waals surface area contributed by atoms with Crippen molar-refractivity contribution in [1.29, 1.82) is 0 Å². The number of carbonyl (C=O) groups excluding carboxylic acids is 1. The van der Waals surface area contributed by atoms with E-state index in [9.17, 15) is 17.8 Å². The van der Waals surface area contributed by atoms with Gasteiger partial charge in [-0.2, -0.15) is 0 Å². The standard InChI is InChI=1S/C3H7NO5S.Na/c1-2-9-3(5)4-10(6,7)8;/h2H2,1H3,(H,4,5)(H,6,7,8);/q;+1/p-1. The molecule has 0 heterocycles. The van der Waals surface area contributed by atoms with Gasteiger partial charge in [-0.1, -0.05) is 0 Å². The van der Waals surface area contributed by atoms with Crippen LogP contribution in [0.1, 0.15) is 6.92 Å². The predicted octanol–water partition coefficient (Wildman–Crippen LogP) is -3.80. The molecular weight excluding hydrogens is 185 g/mol. The molecule has 0 aliphatic heterocycles. The number of amides is 1. The molecule has 0 aromatic heterocycles. The topological polar surface area (TPSA) is 95.5 Å². The fraction of sp³-hybridized carbons (Fsp3) is 0.667. The normalized spacial score (nSPS) is 9.64. The average molecular weight is 191 g/mol. The van der Waals surface area contributed by atoms with Gasteiger partial charge in [0.05, 0.1) is 6.61 Å². The smallest absolute Gasteiger partial charge is 0.731 e. The number of hydrogen-bond acceptors (Lipinski definition) is 5. The molecule has 0 saturated heterocycles. The summed E-state index contributed by atoms with van der Waals surface area (Å²) in [7, 11) is -4.72. The van der Waals surface area contributed by atoms with Crippen LogP contribution in [-0.4, -0.2) is 25.7 Å². The first-order valence-corrected chi connectivity index (χ1v) is 3.77. The molecule has 0 saturated carbocycles. The van der Waals surface area contributed by atoms with Crippen molar-refractivity contribution in [2.24, 2.45) is 0 Å². The summed E-state index contributed by atoms with van der Waals surface area (Å²) in [4.78, 5) is 10.1. The summed E-state index contributed by atoms with van der Waals surface area (Å²) >= 11 is 0. The maximum atomic E-state index is 10.1. The van der Waals surface area contributed by atoms with Crippen molar-refractivity contribution in [3.05, 3.63) is 0 Å². The molecule has 1 amide bonds. The Bertz CT molecular complexity index is 212. The minimum absolute atomic E-state index is 0. The zero-order valence-electron chi connectivity index (χ0n) is 6.16. The summed E-state index contributed by atoms with van der Waals surface area (Å²) < 4.78 is 34.4. The van der Waals surface area contributed by atoms with Crippen LogP contribution in [0.25, 0.3) is 0 Å². The molecule has 0 bridgehead atoms. The Kier molecular flexibility index (Phi) is 7.23. The van der Waals surface area contributed by atoms with Crippen LogP contribution in [0.4, 0.5) is 4.79 Å². The van der Waals surface area contributed by atoms with Crippen LogP contribution in [0.15, 0.2) is 0 Å². The summed E-state index contributed by atoms with van der Waals surface area (Å²) in [6, 6.07) is 0. The van der Waals surface area contributed by atoms with Crippen molar-refractivity contribution in [2.45, 2.75) is 6.92 Å². The Morgan fingerprint density at radius 2 is 2.09 bits per heavy atom. The Morgan fingerprint density at radius 3 is 2.36 bits per heavy atom. The molecule has 0 rings (SSSR count). The first-order chi connectivity index (χ1) is 4.45. The second-order valence-corrected chi connectivity index (χ2v) is 2.39. The van der Waals surface area contributed by atoms with E-state index in [0.29, 0.717) is 0 Å². The molecule has 0 spiro atoms. The summed E-state index contributed by atoms with van der Waals surface area (Å²) in [5, 5.41) is 0. The van der Waals surface area contributed by atoms with Gasteiger partial charge in [0.1, 0.15) is 0 Å². The number of nitrogens with one attached hydrogen (secondary N) is 1. The van der Waals surface area contributed by atoms with Crippen LogP contribution in [0.5, 0.6) is 0 Å². The number of rotatable bonds is 2. The molecule has 60 valence electrons. The van der Waals surface area contributed by atoms with Gasteiger partial charge in [-0.05, 0) is 6.92 Å². The molecular formula is C3H6NNaO5S. The van der Waals surface area contributed by atoms with Gasteiger partial charge < -0.3 is 9.29 Å². The molecule has 0 unspecified atom stereocenters. The largest absolute Gasteiger partial charge is 1.00 e. The molecule has 1 N–H and O–H groups in total. The number of ether oxygens (including phenoxy) is 1. The van der Waals surface area contributed by atoms with E-state index in [4.69, 9.17) is 0 Å². The van der Waals surface area contributed by atoms with E-state index in [1.54, 1.807) is 0 Å². The van der Waals surface area contributed by atoms with Gasteiger partial charge in [0.2, 0.25) is 0 Å². The first-order valence-electron chi connectivity index (χ1n) is 2.36. The fourth-order valence-electron chi connectivity index (χ4n) is 0.263. The van der Waals surface area contributed by atoms with Crippen LogP contribution in [-0.2, 0) is 15.0 Å². The third-order valence-electron chi connectivity index (χ3n) is 0.484. The van der Waals surface area contributed by atoms with Crippen molar-refractivity contribution >= 4 is 16.4 Å². The molecule has 0 aliphatic carbocycles. The second-order valence-electron chi connectivity index (χ2n) is 1.28. The SMILES string of the molecule is CCOC(=O)NS(=O)(=O)[O-].[Na+]. The van der Waals surface area contributed by atoms with Gasteiger partial charge in [0.15, 0.2) is 10.3 Å². The molecule has 11 heavy (non-hydrogen) atoms. The summed E-state index contributed by atoms with van der Waals surface area (Å²) in [5.41, 5.74) is 0. The van der Waals surface area contributed by atoms with E-state index < -0.39 is 16.4 Å². The second kappa shape index (κ2) is 5.78. The number of hydrogen-bond donors (Lipinski definition) is 1. The zero-order valence-corrected chi connectivity index (χ0v) is 8.97. The van der Waals surface area contributed by atoms with E-state index in [1.807, 2.05) is 0 Å². The van der Waals surface area contributed by atoms with Crippen molar-refractivity contribution in [3.8, 4) is 0 Å². The maximum absolute atomic E-state index is 10.1. The maximum Gasteiger partial charge on any atom is 1.00 e. The van der Waals surface area contributed by atoms with Crippen LogP contribution in [0.3, 0.4) is 0 Å². The third kappa shape index (κ3) is 10.2. The predicted molar refractivity (Wildman–Crippen MR) is 29.9 cm³/mol. The quantitative estimate of drug-likeness (QED) is 0.356. The van der Waals surface area contributed by atoms with Crippen molar-refractivity contribution in [3.63, 3.8) is 0 Å². The third-order valence-corrected chi connectivity index (χ3v) is 0.900. The number of carbonyl (C=O) groups is 1. The average Bonchev–Trinajstić information content (AvgIpc) is 1.59. The molecule has 0 aromatic carbocycles. The zero-order chi connectivity index (χ0) is 8.20. The summed E-state index contributed by atoms with van der Waals surface area (Å²) in [6.45, 7) is 1.50. The Labute approximate surface area is 86.5 Å². The van der Waals surface area contributed by atoms with E-state index >= 15 is 0 Å². The van der Waals surface area contributed by atoms with Gasteiger partial charge in [0, 0.05) is 0 Å². The summed E-state index contributed by atoms with van der Waals surface area (Å²) in [5.74, 6) is 0. The van der Waals surface area contributed by atoms with Crippen LogP contribution < -0.4 is 34.3 Å². The summed E-state index contributed by atoms with van der Waals surface area (Å²) in [6.07, 6.45) is -1.25. The molecule has 0 aliphatic rings. The van der Waals surface area contributed by atoms with Gasteiger partial charge >= 0.3 is 35.7 Å². The van der Waals surface area contributed by atoms with E-state index in [-0.39, 0.29) is 36.2 Å².